The molecule has 0 aliphatic heterocycles. The van der Waals surface area contributed by atoms with Crippen molar-refractivity contribution in [2.75, 3.05) is 5.32 Å². The SMILES string of the molecule is CCC(C)N(Cc1cccc(OCc2ccccc2)c1)C(=O)Nc1ccc(Cl)cc1. The predicted molar refractivity (Wildman–Crippen MR) is 123 cm³/mol. The van der Waals surface area contributed by atoms with Crippen molar-refractivity contribution in [3.05, 3.63) is 95.0 Å². The van der Waals surface area contributed by atoms with Gasteiger partial charge in [-0.1, -0.05) is 61.0 Å². The molecule has 0 heterocycles. The van der Waals surface area contributed by atoms with Gasteiger partial charge in [-0.15, -0.1) is 0 Å². The fraction of sp³-hybridized carbons (Fsp3) is 0.240. The van der Waals surface area contributed by atoms with Crippen molar-refractivity contribution >= 4 is 23.3 Å². The topological polar surface area (TPSA) is 41.6 Å². The quantitative estimate of drug-likeness (QED) is 0.436. The Kier molecular flexibility index (Phi) is 7.75. The number of nitrogens with zero attached hydrogens (tertiary/aromatic N) is 1. The van der Waals surface area contributed by atoms with Gasteiger partial charge in [0.1, 0.15) is 12.4 Å². The molecule has 30 heavy (non-hydrogen) atoms. The van der Waals surface area contributed by atoms with Crippen LogP contribution >= 0.6 is 11.6 Å². The molecule has 2 amide bonds. The summed E-state index contributed by atoms with van der Waals surface area (Å²) in [5, 5.41) is 3.60. The van der Waals surface area contributed by atoms with Crippen LogP contribution in [0.1, 0.15) is 31.4 Å². The van der Waals surface area contributed by atoms with Gasteiger partial charge in [0, 0.05) is 23.3 Å². The lowest BCUT2D eigenvalue weighted by atomic mass is 10.1. The van der Waals surface area contributed by atoms with Gasteiger partial charge >= 0.3 is 6.03 Å². The average molecular weight is 423 g/mol. The van der Waals surface area contributed by atoms with E-state index in [0.29, 0.717) is 18.2 Å². The Morgan fingerprint density at radius 1 is 1.00 bits per heavy atom. The number of nitrogens with one attached hydrogen (secondary N) is 1. The van der Waals surface area contributed by atoms with Gasteiger partial charge in [0.05, 0.1) is 0 Å². The molecular weight excluding hydrogens is 396 g/mol. The highest BCUT2D eigenvalue weighted by Crippen LogP contribution is 2.20. The molecule has 5 heteroatoms. The Balaban J connectivity index is 1.68. The summed E-state index contributed by atoms with van der Waals surface area (Å²) in [5.74, 6) is 0.790. The molecule has 0 saturated heterocycles. The summed E-state index contributed by atoms with van der Waals surface area (Å²) in [6.07, 6.45) is 0.859. The molecule has 1 unspecified atom stereocenters. The van der Waals surface area contributed by atoms with Crippen molar-refractivity contribution in [3.63, 3.8) is 0 Å². The van der Waals surface area contributed by atoms with Crippen LogP contribution in [-0.4, -0.2) is 17.0 Å². The number of amides is 2. The highest BCUT2D eigenvalue weighted by atomic mass is 35.5. The van der Waals surface area contributed by atoms with Gasteiger partial charge in [0.2, 0.25) is 0 Å². The maximum absolute atomic E-state index is 12.9. The van der Waals surface area contributed by atoms with E-state index in [9.17, 15) is 4.79 Å². The zero-order valence-corrected chi connectivity index (χ0v) is 18.1. The third-order valence-electron chi connectivity index (χ3n) is 4.98. The van der Waals surface area contributed by atoms with Crippen molar-refractivity contribution < 1.29 is 9.53 Å². The zero-order chi connectivity index (χ0) is 21.3. The zero-order valence-electron chi connectivity index (χ0n) is 17.3. The average Bonchev–Trinajstić information content (AvgIpc) is 2.78. The second-order valence-electron chi connectivity index (χ2n) is 7.24. The second-order valence-corrected chi connectivity index (χ2v) is 7.68. The van der Waals surface area contributed by atoms with E-state index in [2.05, 4.69) is 19.2 Å². The van der Waals surface area contributed by atoms with Crippen molar-refractivity contribution in [1.29, 1.82) is 0 Å². The van der Waals surface area contributed by atoms with Crippen LogP contribution in [0, 0.1) is 0 Å². The standard InChI is InChI=1S/C25H27ClN2O2/c1-3-19(2)28(25(29)27-23-14-12-22(26)13-15-23)17-21-10-7-11-24(16-21)30-18-20-8-5-4-6-9-20/h4-16,19H,3,17-18H2,1-2H3,(H,27,29). The van der Waals surface area contributed by atoms with Crippen LogP contribution in [0.4, 0.5) is 10.5 Å². The number of rotatable bonds is 8. The summed E-state index contributed by atoms with van der Waals surface area (Å²) in [6, 6.07) is 25.0. The van der Waals surface area contributed by atoms with Crippen LogP contribution < -0.4 is 10.1 Å². The number of benzene rings is 3. The van der Waals surface area contributed by atoms with Gasteiger partial charge in [-0.25, -0.2) is 4.79 Å². The van der Waals surface area contributed by atoms with E-state index >= 15 is 0 Å². The van der Waals surface area contributed by atoms with E-state index in [0.717, 1.165) is 29.0 Å². The van der Waals surface area contributed by atoms with E-state index in [-0.39, 0.29) is 12.1 Å². The third kappa shape index (κ3) is 6.26. The number of ether oxygens (including phenoxy) is 1. The van der Waals surface area contributed by atoms with E-state index in [4.69, 9.17) is 16.3 Å². The summed E-state index contributed by atoms with van der Waals surface area (Å²) in [5.41, 5.74) is 2.86. The van der Waals surface area contributed by atoms with Gasteiger partial charge in [-0.05, 0) is 60.9 Å². The molecular formula is C25H27ClN2O2. The van der Waals surface area contributed by atoms with Gasteiger partial charge in [-0.2, -0.15) is 0 Å². The summed E-state index contributed by atoms with van der Waals surface area (Å²) in [7, 11) is 0. The number of hydrogen-bond donors (Lipinski definition) is 1. The van der Waals surface area contributed by atoms with Crippen molar-refractivity contribution in [3.8, 4) is 5.75 Å². The van der Waals surface area contributed by atoms with E-state index < -0.39 is 0 Å². The maximum Gasteiger partial charge on any atom is 0.322 e. The molecule has 1 N–H and O–H groups in total. The lowest BCUT2D eigenvalue weighted by Crippen LogP contribution is -2.40. The highest BCUT2D eigenvalue weighted by Gasteiger charge is 2.19. The lowest BCUT2D eigenvalue weighted by molar-refractivity contribution is 0.187. The molecule has 0 radical (unpaired) electrons. The maximum atomic E-state index is 12.9. The minimum Gasteiger partial charge on any atom is -0.489 e. The first-order valence-corrected chi connectivity index (χ1v) is 10.5. The van der Waals surface area contributed by atoms with Crippen LogP contribution in [0.5, 0.6) is 5.75 Å². The van der Waals surface area contributed by atoms with Gasteiger partial charge in [-0.3, -0.25) is 0 Å². The van der Waals surface area contributed by atoms with Gasteiger partial charge in [0.25, 0.3) is 0 Å². The Morgan fingerprint density at radius 3 is 2.40 bits per heavy atom. The molecule has 0 spiro atoms. The molecule has 0 bridgehead atoms. The van der Waals surface area contributed by atoms with Gasteiger partial charge in [0.15, 0.2) is 0 Å². The molecule has 1 atom stereocenters. The Bertz CT molecular complexity index is 945. The number of carbonyl (C=O) groups is 1. The number of urea groups is 1. The first-order chi connectivity index (χ1) is 14.5. The molecule has 0 aromatic heterocycles. The van der Waals surface area contributed by atoms with Crippen LogP contribution in [0.2, 0.25) is 5.02 Å². The van der Waals surface area contributed by atoms with Gasteiger partial charge < -0.3 is 15.0 Å². The summed E-state index contributed by atoms with van der Waals surface area (Å²) in [4.78, 5) is 14.8. The van der Waals surface area contributed by atoms with Crippen LogP contribution in [-0.2, 0) is 13.2 Å². The van der Waals surface area contributed by atoms with Crippen LogP contribution in [0.3, 0.4) is 0 Å². The molecule has 0 aliphatic carbocycles. The molecule has 3 rings (SSSR count). The number of hydrogen-bond acceptors (Lipinski definition) is 2. The minimum atomic E-state index is -0.137. The van der Waals surface area contributed by atoms with Crippen molar-refractivity contribution in [2.24, 2.45) is 0 Å². The smallest absolute Gasteiger partial charge is 0.322 e. The molecule has 0 saturated carbocycles. The first-order valence-electron chi connectivity index (χ1n) is 10.1. The van der Waals surface area contributed by atoms with E-state index in [1.54, 1.807) is 24.3 Å². The monoisotopic (exact) mass is 422 g/mol. The van der Waals surface area contributed by atoms with Crippen molar-refractivity contribution in [1.82, 2.24) is 4.90 Å². The Hall–Kier alpha value is -2.98. The molecule has 0 fully saturated rings. The molecule has 4 nitrogen and oxygen atoms in total. The fourth-order valence-electron chi connectivity index (χ4n) is 3.05. The van der Waals surface area contributed by atoms with E-state index in [1.165, 1.54) is 0 Å². The summed E-state index contributed by atoms with van der Waals surface area (Å²) in [6.45, 7) is 5.14. The van der Waals surface area contributed by atoms with Crippen LogP contribution in [0.25, 0.3) is 0 Å². The van der Waals surface area contributed by atoms with E-state index in [1.807, 2.05) is 59.5 Å². The molecule has 156 valence electrons. The van der Waals surface area contributed by atoms with Crippen LogP contribution in [0.15, 0.2) is 78.9 Å². The highest BCUT2D eigenvalue weighted by molar-refractivity contribution is 6.30. The van der Waals surface area contributed by atoms with Crippen molar-refractivity contribution in [2.45, 2.75) is 39.5 Å². The third-order valence-corrected chi connectivity index (χ3v) is 5.23. The Labute approximate surface area is 183 Å². The summed E-state index contributed by atoms with van der Waals surface area (Å²) < 4.78 is 5.94. The lowest BCUT2D eigenvalue weighted by Gasteiger charge is -2.29. The Morgan fingerprint density at radius 2 is 1.70 bits per heavy atom. The fourth-order valence-corrected chi connectivity index (χ4v) is 3.17. The number of carbonyl (C=O) groups excluding carboxylic acids is 1. The largest absolute Gasteiger partial charge is 0.489 e. The second kappa shape index (κ2) is 10.7. The molecule has 3 aromatic rings. The predicted octanol–water partition coefficient (Wildman–Crippen LogP) is 6.75. The number of halogens is 1. The first kappa shape index (κ1) is 21.7. The molecule has 3 aromatic carbocycles. The molecule has 0 aliphatic rings. The number of anilines is 1. The minimum absolute atomic E-state index is 0.0891. The summed E-state index contributed by atoms with van der Waals surface area (Å²) >= 11 is 5.94. The normalized spacial score (nSPS) is 11.6.